The van der Waals surface area contributed by atoms with E-state index in [1.54, 1.807) is 4.90 Å². The van der Waals surface area contributed by atoms with Gasteiger partial charge in [-0.15, -0.1) is 0 Å². The van der Waals surface area contributed by atoms with Crippen molar-refractivity contribution in [1.82, 2.24) is 9.80 Å². The second-order valence-corrected chi connectivity index (χ2v) is 5.75. The van der Waals surface area contributed by atoms with Gasteiger partial charge in [0, 0.05) is 31.7 Å². The molecular formula is C17H24N2O3. The van der Waals surface area contributed by atoms with Crippen LogP contribution in [0.2, 0.25) is 0 Å². The van der Waals surface area contributed by atoms with Crippen LogP contribution in [0.4, 0.5) is 0 Å². The standard InChI is InChI=1S/C17H24N2O3/c1-14(2)22-13-16(20)18-9-6-10-19(12-11-18)17(21)15-7-4-3-5-8-15/h3-5,7-8,14H,6,9-13H2,1-2H3. The lowest BCUT2D eigenvalue weighted by Gasteiger charge is -2.22. The first-order valence-corrected chi connectivity index (χ1v) is 7.81. The fraction of sp³-hybridized carbons (Fsp3) is 0.529. The average molecular weight is 304 g/mol. The fourth-order valence-corrected chi connectivity index (χ4v) is 2.46. The summed E-state index contributed by atoms with van der Waals surface area (Å²) >= 11 is 0. The molecule has 1 aliphatic heterocycles. The van der Waals surface area contributed by atoms with Crippen molar-refractivity contribution in [1.29, 1.82) is 0 Å². The van der Waals surface area contributed by atoms with Gasteiger partial charge in [-0.05, 0) is 32.4 Å². The smallest absolute Gasteiger partial charge is 0.253 e. The molecule has 5 nitrogen and oxygen atoms in total. The third-order valence-corrected chi connectivity index (χ3v) is 3.70. The van der Waals surface area contributed by atoms with Crippen LogP contribution in [0.5, 0.6) is 0 Å². The summed E-state index contributed by atoms with van der Waals surface area (Å²) in [5, 5.41) is 0. The van der Waals surface area contributed by atoms with E-state index in [-0.39, 0.29) is 24.5 Å². The van der Waals surface area contributed by atoms with E-state index < -0.39 is 0 Å². The number of ether oxygens (including phenoxy) is 1. The van der Waals surface area contributed by atoms with Gasteiger partial charge in [0.1, 0.15) is 6.61 Å². The van der Waals surface area contributed by atoms with E-state index in [1.807, 2.05) is 49.1 Å². The third-order valence-electron chi connectivity index (χ3n) is 3.70. The van der Waals surface area contributed by atoms with Crippen LogP contribution in [-0.2, 0) is 9.53 Å². The van der Waals surface area contributed by atoms with Crippen LogP contribution in [0.15, 0.2) is 30.3 Å². The second-order valence-electron chi connectivity index (χ2n) is 5.75. The zero-order chi connectivity index (χ0) is 15.9. The Labute approximate surface area is 131 Å². The largest absolute Gasteiger partial charge is 0.369 e. The quantitative estimate of drug-likeness (QED) is 0.852. The fourth-order valence-electron chi connectivity index (χ4n) is 2.46. The minimum atomic E-state index is 0.00251. The lowest BCUT2D eigenvalue weighted by atomic mass is 10.2. The summed E-state index contributed by atoms with van der Waals surface area (Å²) in [6.07, 6.45) is 0.846. The number of carbonyl (C=O) groups is 2. The van der Waals surface area contributed by atoms with Crippen molar-refractivity contribution in [2.45, 2.75) is 26.4 Å². The molecule has 120 valence electrons. The molecule has 5 heteroatoms. The first-order chi connectivity index (χ1) is 10.6. The summed E-state index contributed by atoms with van der Waals surface area (Å²) in [5.41, 5.74) is 0.699. The predicted molar refractivity (Wildman–Crippen MR) is 84.6 cm³/mol. The Hall–Kier alpha value is -1.88. The highest BCUT2D eigenvalue weighted by atomic mass is 16.5. The summed E-state index contributed by atoms with van der Waals surface area (Å²) in [5.74, 6) is 0.0380. The van der Waals surface area contributed by atoms with Crippen LogP contribution in [0, 0.1) is 0 Å². The van der Waals surface area contributed by atoms with Gasteiger partial charge in [0.05, 0.1) is 6.10 Å². The number of carbonyl (C=O) groups excluding carboxylic acids is 2. The zero-order valence-corrected chi connectivity index (χ0v) is 13.3. The lowest BCUT2D eigenvalue weighted by molar-refractivity contribution is -0.137. The van der Waals surface area contributed by atoms with Gasteiger partial charge in [0.2, 0.25) is 5.91 Å². The molecule has 2 rings (SSSR count). The summed E-state index contributed by atoms with van der Waals surface area (Å²) in [7, 11) is 0. The van der Waals surface area contributed by atoms with Crippen molar-refractivity contribution in [2.75, 3.05) is 32.8 Å². The molecule has 0 aromatic heterocycles. The molecule has 0 unspecified atom stereocenters. The maximum absolute atomic E-state index is 12.4. The molecule has 0 spiro atoms. The van der Waals surface area contributed by atoms with Crippen LogP contribution in [-0.4, -0.2) is 60.5 Å². The monoisotopic (exact) mass is 304 g/mol. The van der Waals surface area contributed by atoms with Gasteiger partial charge in [-0.3, -0.25) is 9.59 Å². The number of amides is 2. The normalized spacial score (nSPS) is 15.8. The molecule has 1 saturated heterocycles. The van der Waals surface area contributed by atoms with Crippen LogP contribution < -0.4 is 0 Å². The highest BCUT2D eigenvalue weighted by Gasteiger charge is 2.22. The molecule has 22 heavy (non-hydrogen) atoms. The number of nitrogens with zero attached hydrogens (tertiary/aromatic N) is 2. The summed E-state index contributed by atoms with van der Waals surface area (Å²) in [4.78, 5) is 28.2. The van der Waals surface area contributed by atoms with Crippen molar-refractivity contribution in [3.05, 3.63) is 35.9 Å². The average Bonchev–Trinajstić information content (AvgIpc) is 2.78. The third kappa shape index (κ3) is 4.56. The van der Waals surface area contributed by atoms with E-state index in [0.29, 0.717) is 31.7 Å². The minimum Gasteiger partial charge on any atom is -0.369 e. The molecule has 1 aromatic carbocycles. The highest BCUT2D eigenvalue weighted by molar-refractivity contribution is 5.94. The van der Waals surface area contributed by atoms with E-state index >= 15 is 0 Å². The Morgan fingerprint density at radius 2 is 1.68 bits per heavy atom. The van der Waals surface area contributed by atoms with E-state index in [2.05, 4.69) is 0 Å². The zero-order valence-electron chi connectivity index (χ0n) is 13.3. The van der Waals surface area contributed by atoms with Gasteiger partial charge in [-0.2, -0.15) is 0 Å². The van der Waals surface area contributed by atoms with Crippen molar-refractivity contribution in [3.63, 3.8) is 0 Å². The van der Waals surface area contributed by atoms with Crippen LogP contribution in [0.1, 0.15) is 30.6 Å². The molecule has 2 amide bonds. The Morgan fingerprint density at radius 1 is 1.05 bits per heavy atom. The van der Waals surface area contributed by atoms with Gasteiger partial charge in [0.25, 0.3) is 5.91 Å². The molecule has 0 saturated carbocycles. The van der Waals surface area contributed by atoms with E-state index in [9.17, 15) is 9.59 Å². The van der Waals surface area contributed by atoms with Crippen LogP contribution in [0.25, 0.3) is 0 Å². The molecule has 1 aromatic rings. The number of rotatable bonds is 4. The Morgan fingerprint density at radius 3 is 2.36 bits per heavy atom. The Bertz CT molecular complexity index is 502. The maximum atomic E-state index is 12.4. The van der Waals surface area contributed by atoms with Gasteiger partial charge >= 0.3 is 0 Å². The van der Waals surface area contributed by atoms with Gasteiger partial charge in [-0.25, -0.2) is 0 Å². The summed E-state index contributed by atoms with van der Waals surface area (Å²) in [6, 6.07) is 9.28. The Balaban J connectivity index is 1.89. The van der Waals surface area contributed by atoms with E-state index in [1.165, 1.54) is 0 Å². The number of hydrogen-bond acceptors (Lipinski definition) is 3. The lowest BCUT2D eigenvalue weighted by Crippen LogP contribution is -2.39. The highest BCUT2D eigenvalue weighted by Crippen LogP contribution is 2.09. The van der Waals surface area contributed by atoms with Gasteiger partial charge in [-0.1, -0.05) is 18.2 Å². The molecular weight excluding hydrogens is 280 g/mol. The van der Waals surface area contributed by atoms with E-state index in [0.717, 1.165) is 6.42 Å². The van der Waals surface area contributed by atoms with Crippen molar-refractivity contribution in [2.24, 2.45) is 0 Å². The van der Waals surface area contributed by atoms with E-state index in [4.69, 9.17) is 4.74 Å². The molecule has 0 bridgehead atoms. The molecule has 1 fully saturated rings. The maximum Gasteiger partial charge on any atom is 0.253 e. The van der Waals surface area contributed by atoms with Crippen molar-refractivity contribution in [3.8, 4) is 0 Å². The molecule has 1 heterocycles. The number of benzene rings is 1. The predicted octanol–water partition coefficient (Wildman–Crippen LogP) is 1.79. The van der Waals surface area contributed by atoms with Gasteiger partial charge in [0.15, 0.2) is 0 Å². The number of hydrogen-bond donors (Lipinski definition) is 0. The summed E-state index contributed by atoms with van der Waals surface area (Å²) in [6.45, 7) is 6.44. The molecule has 0 N–H and O–H groups in total. The minimum absolute atomic E-state index is 0.00251. The second kappa shape index (κ2) is 7.94. The molecule has 1 aliphatic rings. The van der Waals surface area contributed by atoms with Crippen molar-refractivity contribution >= 4 is 11.8 Å². The molecule has 0 aliphatic carbocycles. The van der Waals surface area contributed by atoms with Gasteiger partial charge < -0.3 is 14.5 Å². The summed E-state index contributed by atoms with van der Waals surface area (Å²) < 4.78 is 5.37. The van der Waals surface area contributed by atoms with Crippen molar-refractivity contribution < 1.29 is 14.3 Å². The topological polar surface area (TPSA) is 49.9 Å². The van der Waals surface area contributed by atoms with Crippen LogP contribution >= 0.6 is 0 Å². The SMILES string of the molecule is CC(C)OCC(=O)N1CCCN(C(=O)c2ccccc2)CC1. The molecule has 0 atom stereocenters. The first kappa shape index (κ1) is 16.5. The molecule has 0 radical (unpaired) electrons. The Kier molecular flexibility index (Phi) is 5.95. The van der Waals surface area contributed by atoms with Crippen LogP contribution in [0.3, 0.4) is 0 Å². The first-order valence-electron chi connectivity index (χ1n) is 7.81.